The maximum absolute atomic E-state index is 12.3. The molecule has 2 saturated heterocycles. The van der Waals surface area contributed by atoms with Gasteiger partial charge in [-0.1, -0.05) is 17.7 Å². The van der Waals surface area contributed by atoms with Crippen molar-refractivity contribution >= 4 is 52.1 Å². The van der Waals surface area contributed by atoms with Crippen molar-refractivity contribution in [3.05, 3.63) is 51.6 Å². The Labute approximate surface area is 167 Å². The predicted molar refractivity (Wildman–Crippen MR) is 112 cm³/mol. The van der Waals surface area contributed by atoms with Crippen molar-refractivity contribution in [3.63, 3.8) is 0 Å². The van der Waals surface area contributed by atoms with E-state index in [1.54, 1.807) is 12.1 Å². The van der Waals surface area contributed by atoms with Crippen LogP contribution in [0.15, 0.2) is 44.6 Å². The van der Waals surface area contributed by atoms with Crippen LogP contribution in [0.5, 0.6) is 0 Å². The molecule has 27 heavy (non-hydrogen) atoms. The van der Waals surface area contributed by atoms with E-state index in [0.717, 1.165) is 30.2 Å². The monoisotopic (exact) mass is 401 g/mol. The number of nitrogens with one attached hydrogen (secondary N) is 1. The number of aliphatic imine (C=N–C) groups is 1. The lowest BCUT2D eigenvalue weighted by Crippen LogP contribution is -2.28. The zero-order valence-corrected chi connectivity index (χ0v) is 16.6. The normalized spacial score (nSPS) is 20.5. The number of amidine groups is 1. The fraction of sp³-hybridized carbons (Fsp3) is 0.300. The molecule has 1 aromatic carbocycles. The van der Waals surface area contributed by atoms with Gasteiger partial charge in [0.25, 0.3) is 5.91 Å². The van der Waals surface area contributed by atoms with Gasteiger partial charge < -0.3 is 14.6 Å². The van der Waals surface area contributed by atoms with Gasteiger partial charge >= 0.3 is 0 Å². The molecule has 0 radical (unpaired) electrons. The third kappa shape index (κ3) is 4.22. The molecule has 1 aromatic heterocycles. The van der Waals surface area contributed by atoms with Gasteiger partial charge in [0.2, 0.25) is 0 Å². The molecule has 0 spiro atoms. The van der Waals surface area contributed by atoms with Gasteiger partial charge in [0.05, 0.1) is 10.6 Å². The van der Waals surface area contributed by atoms with Crippen molar-refractivity contribution in [1.29, 1.82) is 0 Å². The number of carbonyl (C=O) groups excluding carboxylic acids is 1. The van der Waals surface area contributed by atoms with Crippen LogP contribution in [0.3, 0.4) is 0 Å². The minimum atomic E-state index is -0.172. The van der Waals surface area contributed by atoms with Gasteiger partial charge in [0.1, 0.15) is 5.76 Å². The van der Waals surface area contributed by atoms with E-state index in [4.69, 9.17) is 16.0 Å². The molecule has 0 saturated carbocycles. The molecule has 2 aromatic rings. The molecule has 2 aliphatic rings. The lowest BCUT2D eigenvalue weighted by molar-refractivity contribution is -0.115. The first-order valence-electron chi connectivity index (χ1n) is 8.99. The second kappa shape index (κ2) is 7.82. The first-order chi connectivity index (χ1) is 13.1. The van der Waals surface area contributed by atoms with Crippen molar-refractivity contribution in [2.24, 2.45) is 4.99 Å². The Morgan fingerprint density at radius 1 is 1.22 bits per heavy atom. The van der Waals surface area contributed by atoms with Crippen LogP contribution in [0.25, 0.3) is 6.08 Å². The molecule has 7 heteroatoms. The SMILES string of the molecule is Cc1ccc(Cl)cc1N=C1NC(=O)/C(=C\c2ccc(N3CCCCC3)o2)S1. The van der Waals surface area contributed by atoms with Crippen LogP contribution in [0, 0.1) is 6.92 Å². The summed E-state index contributed by atoms with van der Waals surface area (Å²) in [5.41, 5.74) is 1.74. The summed E-state index contributed by atoms with van der Waals surface area (Å²) >= 11 is 7.34. The van der Waals surface area contributed by atoms with Crippen LogP contribution >= 0.6 is 23.4 Å². The van der Waals surface area contributed by atoms with Crippen molar-refractivity contribution in [2.45, 2.75) is 26.2 Å². The average Bonchev–Trinajstić information content (AvgIpc) is 3.26. The summed E-state index contributed by atoms with van der Waals surface area (Å²) in [5.74, 6) is 1.37. The first-order valence-corrected chi connectivity index (χ1v) is 10.2. The lowest BCUT2D eigenvalue weighted by Gasteiger charge is -2.25. The van der Waals surface area contributed by atoms with Gasteiger partial charge in [-0.15, -0.1) is 0 Å². The van der Waals surface area contributed by atoms with E-state index in [9.17, 15) is 4.79 Å². The molecule has 4 rings (SSSR count). The Balaban J connectivity index is 1.51. The van der Waals surface area contributed by atoms with Crippen LogP contribution in [0.1, 0.15) is 30.6 Å². The lowest BCUT2D eigenvalue weighted by atomic mass is 10.1. The van der Waals surface area contributed by atoms with Crippen LogP contribution in [0.4, 0.5) is 11.6 Å². The van der Waals surface area contributed by atoms with Crippen molar-refractivity contribution in [3.8, 4) is 0 Å². The number of hydrogen-bond donors (Lipinski definition) is 1. The predicted octanol–water partition coefficient (Wildman–Crippen LogP) is 5.12. The number of furan rings is 1. The summed E-state index contributed by atoms with van der Waals surface area (Å²) in [7, 11) is 0. The minimum absolute atomic E-state index is 0.172. The number of anilines is 1. The van der Waals surface area contributed by atoms with E-state index in [1.165, 1.54) is 31.0 Å². The van der Waals surface area contributed by atoms with Gasteiger partial charge in [0, 0.05) is 30.3 Å². The third-order valence-corrected chi connectivity index (χ3v) is 5.74. The van der Waals surface area contributed by atoms with E-state index in [-0.39, 0.29) is 5.91 Å². The molecule has 0 bridgehead atoms. The zero-order valence-electron chi connectivity index (χ0n) is 15.0. The van der Waals surface area contributed by atoms with Crippen LogP contribution in [0.2, 0.25) is 5.02 Å². The molecule has 5 nitrogen and oxygen atoms in total. The van der Waals surface area contributed by atoms with Gasteiger partial charge in [-0.25, -0.2) is 4.99 Å². The van der Waals surface area contributed by atoms with Crippen molar-refractivity contribution < 1.29 is 9.21 Å². The molecule has 0 unspecified atom stereocenters. The fourth-order valence-corrected chi connectivity index (χ4v) is 4.11. The topological polar surface area (TPSA) is 57.8 Å². The van der Waals surface area contributed by atoms with Crippen LogP contribution in [-0.2, 0) is 4.79 Å². The Kier molecular flexibility index (Phi) is 5.27. The Morgan fingerprint density at radius 3 is 2.85 bits per heavy atom. The Morgan fingerprint density at radius 2 is 2.04 bits per heavy atom. The summed E-state index contributed by atoms with van der Waals surface area (Å²) in [5, 5.41) is 3.96. The number of piperidine rings is 1. The standard InChI is InChI=1S/C20H20ClN3O2S/c1-13-5-6-14(21)11-16(13)22-20-23-19(25)17(27-20)12-15-7-8-18(26-15)24-9-3-2-4-10-24/h5-8,11-12H,2-4,9-10H2,1H3,(H,22,23,25)/b17-12+. The summed E-state index contributed by atoms with van der Waals surface area (Å²) in [6, 6.07) is 9.39. The maximum atomic E-state index is 12.3. The smallest absolute Gasteiger partial charge is 0.264 e. The Hall–Kier alpha value is -2.18. The zero-order chi connectivity index (χ0) is 18.8. The molecular weight excluding hydrogens is 382 g/mol. The number of aryl methyl sites for hydroxylation is 1. The maximum Gasteiger partial charge on any atom is 0.264 e. The second-order valence-electron chi connectivity index (χ2n) is 6.64. The van der Waals surface area contributed by atoms with Gasteiger partial charge in [-0.2, -0.15) is 0 Å². The molecule has 0 atom stereocenters. The van der Waals surface area contributed by atoms with E-state index < -0.39 is 0 Å². The third-order valence-electron chi connectivity index (χ3n) is 4.60. The van der Waals surface area contributed by atoms with Gasteiger partial charge in [0.15, 0.2) is 11.1 Å². The molecule has 1 amide bonds. The summed E-state index contributed by atoms with van der Waals surface area (Å²) in [6.07, 6.45) is 5.43. The van der Waals surface area contributed by atoms with Crippen LogP contribution in [-0.4, -0.2) is 24.2 Å². The number of benzene rings is 1. The van der Waals surface area contributed by atoms with E-state index in [0.29, 0.717) is 20.9 Å². The quantitative estimate of drug-likeness (QED) is 0.725. The fourth-order valence-electron chi connectivity index (χ4n) is 3.13. The number of amides is 1. The summed E-state index contributed by atoms with van der Waals surface area (Å²) in [6.45, 7) is 4.00. The van der Waals surface area contributed by atoms with E-state index >= 15 is 0 Å². The highest BCUT2D eigenvalue weighted by molar-refractivity contribution is 8.18. The number of carbonyl (C=O) groups is 1. The highest BCUT2D eigenvalue weighted by atomic mass is 35.5. The first kappa shape index (κ1) is 18.2. The van der Waals surface area contributed by atoms with Crippen LogP contribution < -0.4 is 10.2 Å². The molecule has 2 fully saturated rings. The number of halogens is 1. The highest BCUT2D eigenvalue weighted by Crippen LogP contribution is 2.31. The van der Waals surface area contributed by atoms with E-state index in [2.05, 4.69) is 15.2 Å². The molecule has 0 aliphatic carbocycles. The molecule has 2 aliphatic heterocycles. The number of hydrogen-bond acceptors (Lipinski definition) is 5. The minimum Gasteiger partial charge on any atom is -0.441 e. The van der Waals surface area contributed by atoms with Crippen molar-refractivity contribution in [2.75, 3.05) is 18.0 Å². The number of rotatable bonds is 3. The summed E-state index contributed by atoms with van der Waals surface area (Å²) in [4.78, 5) is 19.6. The highest BCUT2D eigenvalue weighted by Gasteiger charge is 2.25. The molecule has 140 valence electrons. The van der Waals surface area contributed by atoms with Crippen molar-refractivity contribution in [1.82, 2.24) is 5.32 Å². The molecule has 1 N–H and O–H groups in total. The largest absolute Gasteiger partial charge is 0.441 e. The number of thioether (sulfide) groups is 1. The Bertz CT molecular complexity index is 929. The van der Waals surface area contributed by atoms with Gasteiger partial charge in [-0.3, -0.25) is 4.79 Å². The number of nitrogens with zero attached hydrogens (tertiary/aromatic N) is 2. The molecule has 3 heterocycles. The second-order valence-corrected chi connectivity index (χ2v) is 8.10. The summed E-state index contributed by atoms with van der Waals surface area (Å²) < 4.78 is 5.92. The van der Waals surface area contributed by atoms with E-state index in [1.807, 2.05) is 31.2 Å². The molecular formula is C20H20ClN3O2S. The average molecular weight is 402 g/mol. The van der Waals surface area contributed by atoms with Gasteiger partial charge in [-0.05, 0) is 61.7 Å².